The molecule has 190 valence electrons. The average molecular weight is 512 g/mol. The van der Waals surface area contributed by atoms with E-state index in [0.29, 0.717) is 49.2 Å². The van der Waals surface area contributed by atoms with Crippen molar-refractivity contribution >= 4 is 39.1 Å². The predicted octanol–water partition coefficient (Wildman–Crippen LogP) is 0.702. The van der Waals surface area contributed by atoms with Crippen molar-refractivity contribution in [3.05, 3.63) is 47.9 Å². The molecule has 0 saturated carbocycles. The van der Waals surface area contributed by atoms with Crippen LogP contribution in [0.1, 0.15) is 11.4 Å². The fraction of sp³-hybridized carbons (Fsp3) is 0.348. The molecule has 0 spiro atoms. The number of aromatic nitrogens is 4. The average Bonchev–Trinajstić information content (AvgIpc) is 2.82. The fourth-order valence-corrected chi connectivity index (χ4v) is 4.94. The third kappa shape index (κ3) is 5.69. The largest absolute Gasteiger partial charge is 0.369 e. The lowest BCUT2D eigenvalue weighted by Crippen LogP contribution is -2.48. The normalized spacial score (nSPS) is 14.6. The lowest BCUT2D eigenvalue weighted by atomic mass is 10.1. The summed E-state index contributed by atoms with van der Waals surface area (Å²) in [7, 11) is -1.36. The molecule has 0 atom stereocenters. The Hall–Kier alpha value is -3.84. The topological polar surface area (TPSA) is 165 Å². The van der Waals surface area contributed by atoms with Crippen molar-refractivity contribution in [2.45, 2.75) is 13.3 Å². The Kier molecular flexibility index (Phi) is 7.04. The molecule has 0 radical (unpaired) electrons. The van der Waals surface area contributed by atoms with Crippen LogP contribution in [0.5, 0.6) is 0 Å². The molecule has 1 amide bonds. The van der Waals surface area contributed by atoms with Crippen molar-refractivity contribution in [3.8, 4) is 11.4 Å². The molecule has 13 heteroatoms. The van der Waals surface area contributed by atoms with Crippen LogP contribution in [0.25, 0.3) is 11.4 Å². The molecule has 4 rings (SSSR count). The number of nitrogens with two attached hydrogens (primary N) is 2. The summed E-state index contributed by atoms with van der Waals surface area (Å²) in [6.45, 7) is 3.59. The Morgan fingerprint density at radius 3 is 2.33 bits per heavy atom. The molecule has 2 aromatic heterocycles. The van der Waals surface area contributed by atoms with Gasteiger partial charge in [0, 0.05) is 38.9 Å². The molecule has 1 aromatic carbocycles. The molecule has 3 heterocycles. The van der Waals surface area contributed by atoms with Crippen LogP contribution in [0.4, 0.5) is 23.1 Å². The van der Waals surface area contributed by atoms with Gasteiger partial charge in [-0.3, -0.25) is 4.79 Å². The Morgan fingerprint density at radius 2 is 1.75 bits per heavy atom. The van der Waals surface area contributed by atoms with Gasteiger partial charge in [0.05, 0.1) is 30.1 Å². The third-order valence-electron chi connectivity index (χ3n) is 5.95. The number of anilines is 4. The number of nitrogens with zero attached hydrogens (tertiary/aromatic N) is 7. The van der Waals surface area contributed by atoms with Gasteiger partial charge >= 0.3 is 0 Å². The van der Waals surface area contributed by atoms with Gasteiger partial charge in [-0.05, 0) is 30.7 Å². The number of hydrogen-bond acceptors (Lipinski definition) is 10. The van der Waals surface area contributed by atoms with E-state index in [1.165, 1.54) is 10.6 Å². The number of sulfonamides is 1. The lowest BCUT2D eigenvalue weighted by molar-refractivity contribution is -0.117. The zero-order valence-corrected chi connectivity index (χ0v) is 21.2. The van der Waals surface area contributed by atoms with Crippen LogP contribution in [0, 0.1) is 6.92 Å². The summed E-state index contributed by atoms with van der Waals surface area (Å²) in [5.41, 5.74) is 14.4. The number of nitrogen functional groups attached to an aromatic ring is 1. The van der Waals surface area contributed by atoms with Crippen molar-refractivity contribution in [1.29, 1.82) is 0 Å². The molecule has 1 saturated heterocycles. The molecule has 0 unspecified atom stereocenters. The van der Waals surface area contributed by atoms with E-state index in [4.69, 9.17) is 16.5 Å². The Labute approximate surface area is 210 Å². The summed E-state index contributed by atoms with van der Waals surface area (Å²) in [5.74, 6) is 1.18. The van der Waals surface area contributed by atoms with E-state index in [1.54, 1.807) is 13.1 Å². The van der Waals surface area contributed by atoms with Crippen molar-refractivity contribution in [1.82, 2.24) is 24.2 Å². The number of benzene rings is 1. The van der Waals surface area contributed by atoms with Gasteiger partial charge in [-0.1, -0.05) is 12.1 Å². The molecule has 1 fully saturated rings. The van der Waals surface area contributed by atoms with Crippen LogP contribution in [0.2, 0.25) is 0 Å². The summed E-state index contributed by atoms with van der Waals surface area (Å²) in [6, 6.07) is 9.39. The number of pyridine rings is 1. The number of carbonyl (C=O) groups excluding carboxylic acids is 1. The minimum atomic E-state index is -3.23. The number of aryl methyl sites for hydroxylation is 1. The molecule has 0 bridgehead atoms. The smallest absolute Gasteiger partial charge is 0.223 e. The van der Waals surface area contributed by atoms with Crippen LogP contribution in [0.15, 0.2) is 36.5 Å². The van der Waals surface area contributed by atoms with Gasteiger partial charge in [-0.2, -0.15) is 14.3 Å². The van der Waals surface area contributed by atoms with Crippen LogP contribution in [-0.2, 0) is 21.2 Å². The Morgan fingerprint density at radius 1 is 1.08 bits per heavy atom. The highest BCUT2D eigenvalue weighted by atomic mass is 32.2. The summed E-state index contributed by atoms with van der Waals surface area (Å²) in [6.07, 6.45) is 3.14. The minimum absolute atomic E-state index is 0.106. The first-order valence-corrected chi connectivity index (χ1v) is 13.2. The monoisotopic (exact) mass is 511 g/mol. The summed E-state index contributed by atoms with van der Waals surface area (Å²) < 4.78 is 25.3. The van der Waals surface area contributed by atoms with Crippen molar-refractivity contribution in [2.75, 3.05) is 55.0 Å². The molecule has 4 N–H and O–H groups in total. The van der Waals surface area contributed by atoms with E-state index in [-0.39, 0.29) is 12.4 Å². The molecular weight excluding hydrogens is 482 g/mol. The maximum atomic E-state index is 11.9. The van der Waals surface area contributed by atoms with Crippen molar-refractivity contribution in [2.24, 2.45) is 5.73 Å². The molecule has 0 aliphatic carbocycles. The highest BCUT2D eigenvalue weighted by Gasteiger charge is 2.25. The highest BCUT2D eigenvalue weighted by Crippen LogP contribution is 2.34. The van der Waals surface area contributed by atoms with E-state index in [1.807, 2.05) is 42.3 Å². The van der Waals surface area contributed by atoms with E-state index >= 15 is 0 Å². The lowest BCUT2D eigenvalue weighted by Gasteiger charge is -2.35. The van der Waals surface area contributed by atoms with Gasteiger partial charge in [0.2, 0.25) is 21.9 Å². The van der Waals surface area contributed by atoms with Gasteiger partial charge < -0.3 is 21.3 Å². The second-order valence-electron chi connectivity index (χ2n) is 8.65. The number of piperazine rings is 1. The van der Waals surface area contributed by atoms with E-state index in [2.05, 4.69) is 19.9 Å². The first-order valence-electron chi connectivity index (χ1n) is 11.3. The van der Waals surface area contributed by atoms with Crippen molar-refractivity contribution in [3.63, 3.8) is 0 Å². The Bertz CT molecular complexity index is 1350. The number of carbonyl (C=O) groups is 1. The van der Waals surface area contributed by atoms with Gasteiger partial charge in [-0.15, -0.1) is 0 Å². The zero-order valence-electron chi connectivity index (χ0n) is 20.4. The quantitative estimate of drug-likeness (QED) is 0.461. The minimum Gasteiger partial charge on any atom is -0.369 e. The van der Waals surface area contributed by atoms with Crippen LogP contribution in [0.3, 0.4) is 0 Å². The summed E-state index contributed by atoms with van der Waals surface area (Å²) >= 11 is 0. The number of hydrogen-bond donors (Lipinski definition) is 2. The first kappa shape index (κ1) is 25.3. The van der Waals surface area contributed by atoms with E-state index in [0.717, 1.165) is 16.9 Å². The predicted molar refractivity (Wildman–Crippen MR) is 138 cm³/mol. The van der Waals surface area contributed by atoms with Gasteiger partial charge in [0.25, 0.3) is 0 Å². The third-order valence-corrected chi connectivity index (χ3v) is 7.25. The molecule has 3 aromatic rings. The van der Waals surface area contributed by atoms with Gasteiger partial charge in [-0.25, -0.2) is 18.4 Å². The molecule has 36 heavy (non-hydrogen) atoms. The van der Waals surface area contributed by atoms with E-state index in [9.17, 15) is 13.2 Å². The van der Waals surface area contributed by atoms with E-state index < -0.39 is 15.9 Å². The Balaban J connectivity index is 1.70. The SMILES string of the molecule is Cc1nc(N)nc(-c2cc(N3CCN(S(C)(=O)=O)CC3)cnc2N(C)c2ccc(CC(N)=O)cc2)n1. The number of amides is 1. The van der Waals surface area contributed by atoms with Crippen LogP contribution >= 0.6 is 0 Å². The second kappa shape index (κ2) is 10.0. The second-order valence-corrected chi connectivity index (χ2v) is 10.6. The molecule has 12 nitrogen and oxygen atoms in total. The maximum absolute atomic E-state index is 11.9. The molecule has 1 aliphatic rings. The van der Waals surface area contributed by atoms with Crippen LogP contribution < -0.4 is 21.3 Å². The van der Waals surface area contributed by atoms with Crippen LogP contribution in [-0.4, -0.2) is 78.0 Å². The van der Waals surface area contributed by atoms with Gasteiger partial charge in [0.15, 0.2) is 5.82 Å². The summed E-state index contributed by atoms with van der Waals surface area (Å²) in [4.78, 5) is 32.9. The number of rotatable bonds is 7. The first-order chi connectivity index (χ1) is 17.0. The zero-order chi connectivity index (χ0) is 26.0. The summed E-state index contributed by atoms with van der Waals surface area (Å²) in [5, 5.41) is 0. The molecular formula is C23H29N9O3S. The van der Waals surface area contributed by atoms with Gasteiger partial charge in [0.1, 0.15) is 11.6 Å². The number of primary amides is 1. The highest BCUT2D eigenvalue weighted by molar-refractivity contribution is 7.88. The maximum Gasteiger partial charge on any atom is 0.223 e. The van der Waals surface area contributed by atoms with Crippen molar-refractivity contribution < 1.29 is 13.2 Å². The molecule has 1 aliphatic heterocycles. The fourth-order valence-electron chi connectivity index (χ4n) is 4.11. The standard InChI is InChI=1S/C23H29N9O3S/c1-15-27-21(29-23(25)28-15)19-13-18(31-8-10-32(11-9-31)36(3,34)35)14-26-22(19)30(2)17-6-4-16(5-7-17)12-20(24)33/h4-7,13-14H,8-12H2,1-3H3,(H2,24,33)(H2,25,27,28,29).